The highest BCUT2D eigenvalue weighted by atomic mass is 35.5. The average molecular weight is 555 g/mol. The maximum Gasteiger partial charge on any atom is 0.414 e. The minimum Gasteiger partial charge on any atom is -0.422 e. The first-order valence-electron chi connectivity index (χ1n) is 10.9. The van der Waals surface area contributed by atoms with Gasteiger partial charge in [-0.1, -0.05) is 35.3 Å². The third-order valence-electron chi connectivity index (χ3n) is 5.76. The van der Waals surface area contributed by atoms with Gasteiger partial charge in [-0.05, 0) is 42.8 Å². The number of carbonyl (C=O) groups is 1. The number of hydrogen-bond acceptors (Lipinski definition) is 7. The van der Waals surface area contributed by atoms with Gasteiger partial charge in [-0.15, -0.1) is 0 Å². The van der Waals surface area contributed by atoms with E-state index < -0.39 is 21.9 Å². The number of carbonyl (C=O) groups excluding carboxylic acids is 1. The molecule has 36 heavy (non-hydrogen) atoms. The van der Waals surface area contributed by atoms with E-state index in [1.807, 2.05) is 0 Å². The van der Waals surface area contributed by atoms with Crippen LogP contribution in [0.3, 0.4) is 0 Å². The second-order valence-electron chi connectivity index (χ2n) is 8.62. The lowest BCUT2D eigenvalue weighted by Gasteiger charge is -2.31. The second-order valence-corrected chi connectivity index (χ2v) is 10.7. The Labute approximate surface area is 217 Å². The van der Waals surface area contributed by atoms with Crippen molar-refractivity contribution in [3.63, 3.8) is 0 Å². The monoisotopic (exact) mass is 554 g/mol. The van der Waals surface area contributed by atoms with E-state index in [0.717, 1.165) is 19.5 Å². The van der Waals surface area contributed by atoms with E-state index in [0.29, 0.717) is 28.6 Å². The first-order chi connectivity index (χ1) is 16.9. The zero-order valence-corrected chi connectivity index (χ0v) is 21.8. The minimum atomic E-state index is -4.04. The molecule has 0 spiro atoms. The van der Waals surface area contributed by atoms with Crippen LogP contribution in [-0.2, 0) is 23.2 Å². The molecular weight excluding hydrogens is 531 g/mol. The molecule has 0 atom stereocenters. The van der Waals surface area contributed by atoms with Crippen molar-refractivity contribution in [2.45, 2.75) is 19.4 Å². The number of amides is 1. The summed E-state index contributed by atoms with van der Waals surface area (Å²) in [5.74, 6) is 0.0680. The number of halogens is 2. The molecule has 1 amide bonds. The van der Waals surface area contributed by atoms with Crippen molar-refractivity contribution in [2.24, 2.45) is 5.14 Å². The number of likely N-dealkylation sites (tertiary alicyclic amines) is 1. The van der Waals surface area contributed by atoms with Crippen LogP contribution < -0.4 is 20.2 Å². The summed E-state index contributed by atoms with van der Waals surface area (Å²) in [7, 11) is -0.974. The summed E-state index contributed by atoms with van der Waals surface area (Å²) in [6.45, 7) is 2.22. The molecule has 0 unspecified atom stereocenters. The molecule has 1 aliphatic rings. The molecule has 0 saturated carbocycles. The number of fused-ring (bicyclic) bond motifs is 1. The van der Waals surface area contributed by atoms with Gasteiger partial charge in [-0.2, -0.15) is 8.42 Å². The van der Waals surface area contributed by atoms with E-state index in [-0.39, 0.29) is 33.5 Å². The number of rotatable bonds is 7. The molecule has 2 heterocycles. The van der Waals surface area contributed by atoms with Crippen molar-refractivity contribution in [1.82, 2.24) is 9.80 Å². The van der Waals surface area contributed by atoms with E-state index in [1.54, 1.807) is 18.2 Å². The minimum absolute atomic E-state index is 0.0680. The maximum absolute atomic E-state index is 13.2. The van der Waals surface area contributed by atoms with Crippen LogP contribution in [0.25, 0.3) is 11.0 Å². The smallest absolute Gasteiger partial charge is 0.414 e. The molecule has 0 bridgehead atoms. The fourth-order valence-electron chi connectivity index (χ4n) is 3.83. The van der Waals surface area contributed by atoms with Crippen molar-refractivity contribution in [2.75, 3.05) is 31.9 Å². The van der Waals surface area contributed by atoms with Crippen LogP contribution in [0.1, 0.15) is 23.1 Å². The lowest BCUT2D eigenvalue weighted by atomic mass is 9.97. The summed E-state index contributed by atoms with van der Waals surface area (Å²) in [6, 6.07) is 7.79. The van der Waals surface area contributed by atoms with E-state index in [4.69, 9.17) is 37.5 Å². The summed E-state index contributed by atoms with van der Waals surface area (Å²) in [4.78, 5) is 28.6. The topological polar surface area (TPSA) is 135 Å². The highest BCUT2D eigenvalue weighted by Crippen LogP contribution is 2.35. The Morgan fingerprint density at radius 2 is 1.94 bits per heavy atom. The summed E-state index contributed by atoms with van der Waals surface area (Å²) >= 11 is 12.9. The SMILES string of the molecule is CN(C)C(=O)Oc1cc2oc(=O)c(Cc3cccc(NS(N)(=O)=O)c3Cl)c(CN3CCC3)c2cc1Cl. The summed E-state index contributed by atoms with van der Waals surface area (Å²) in [5, 5.41) is 5.98. The van der Waals surface area contributed by atoms with Crippen LogP contribution >= 0.6 is 23.2 Å². The van der Waals surface area contributed by atoms with Gasteiger partial charge in [0.15, 0.2) is 5.75 Å². The van der Waals surface area contributed by atoms with Gasteiger partial charge in [-0.25, -0.2) is 14.7 Å². The van der Waals surface area contributed by atoms with Crippen molar-refractivity contribution in [1.29, 1.82) is 0 Å². The van der Waals surface area contributed by atoms with Gasteiger partial charge in [0.1, 0.15) is 5.58 Å². The summed E-state index contributed by atoms with van der Waals surface area (Å²) < 4.78 is 36.1. The zero-order valence-electron chi connectivity index (χ0n) is 19.5. The average Bonchev–Trinajstić information content (AvgIpc) is 2.75. The normalized spacial score (nSPS) is 13.9. The quantitative estimate of drug-likeness (QED) is 0.426. The number of nitrogens with one attached hydrogen (secondary N) is 1. The Kier molecular flexibility index (Phi) is 7.48. The molecule has 0 radical (unpaired) electrons. The molecule has 3 aromatic rings. The molecule has 1 aromatic heterocycles. The largest absolute Gasteiger partial charge is 0.422 e. The predicted octanol–water partition coefficient (Wildman–Crippen LogP) is 3.57. The fourth-order valence-corrected chi connectivity index (χ4v) is 4.80. The van der Waals surface area contributed by atoms with Crippen LogP contribution in [0.4, 0.5) is 10.5 Å². The number of nitrogens with zero attached hydrogens (tertiary/aromatic N) is 2. The molecule has 4 rings (SSSR count). The molecule has 1 saturated heterocycles. The first kappa shape index (κ1) is 26.2. The van der Waals surface area contributed by atoms with Crippen molar-refractivity contribution in [3.05, 3.63) is 67.5 Å². The molecule has 1 fully saturated rings. The number of nitrogens with two attached hydrogens (primary N) is 1. The van der Waals surface area contributed by atoms with Gasteiger partial charge in [0.05, 0.1) is 15.7 Å². The number of ether oxygens (including phenoxy) is 1. The Balaban J connectivity index is 1.82. The van der Waals surface area contributed by atoms with Gasteiger partial charge in [0.25, 0.3) is 10.2 Å². The van der Waals surface area contributed by atoms with E-state index in [2.05, 4.69) is 9.62 Å². The number of hydrogen-bond donors (Lipinski definition) is 2. The van der Waals surface area contributed by atoms with E-state index >= 15 is 0 Å². The Hall–Kier alpha value is -2.83. The molecule has 3 N–H and O–H groups in total. The lowest BCUT2D eigenvalue weighted by Crippen LogP contribution is -2.37. The highest BCUT2D eigenvalue weighted by molar-refractivity contribution is 7.90. The first-order valence-corrected chi connectivity index (χ1v) is 13.2. The Bertz CT molecular complexity index is 1500. The molecule has 0 aliphatic carbocycles. The summed E-state index contributed by atoms with van der Waals surface area (Å²) in [6.07, 6.45) is 0.501. The van der Waals surface area contributed by atoms with Crippen LogP contribution in [-0.4, -0.2) is 51.5 Å². The van der Waals surface area contributed by atoms with Gasteiger partial charge >= 0.3 is 11.7 Å². The van der Waals surface area contributed by atoms with Gasteiger partial charge < -0.3 is 14.1 Å². The van der Waals surface area contributed by atoms with E-state index in [9.17, 15) is 18.0 Å². The molecule has 13 heteroatoms. The van der Waals surface area contributed by atoms with Gasteiger partial charge in [-0.3, -0.25) is 9.62 Å². The molecular formula is C23H24Cl2N4O6S. The van der Waals surface area contributed by atoms with Crippen LogP contribution in [0.15, 0.2) is 39.5 Å². The van der Waals surface area contributed by atoms with Crippen molar-refractivity contribution in [3.8, 4) is 5.75 Å². The van der Waals surface area contributed by atoms with Gasteiger partial charge in [0, 0.05) is 44.1 Å². The maximum atomic E-state index is 13.2. The zero-order chi connectivity index (χ0) is 26.2. The predicted molar refractivity (Wildman–Crippen MR) is 138 cm³/mol. The summed E-state index contributed by atoms with van der Waals surface area (Å²) in [5.41, 5.74) is 1.30. The molecule has 10 nitrogen and oxygen atoms in total. The van der Waals surface area contributed by atoms with Crippen molar-refractivity contribution < 1.29 is 22.4 Å². The lowest BCUT2D eigenvalue weighted by molar-refractivity contribution is 0.172. The molecule has 192 valence electrons. The standard InChI is InChI=1S/C23H24Cl2N4O6S/c1-28(2)23(31)35-20-11-19-14(10-17(20)24)16(12-29-7-4-8-29)15(22(30)34-19)9-13-5-3-6-18(21(13)25)27-36(26,32)33/h3,5-6,10-11,27H,4,7-9,12H2,1-2H3,(H2,26,32,33). The van der Waals surface area contributed by atoms with Crippen LogP contribution in [0, 0.1) is 0 Å². The fraction of sp³-hybridized carbons (Fsp3) is 0.304. The third-order valence-corrected chi connectivity index (χ3v) is 7.01. The highest BCUT2D eigenvalue weighted by Gasteiger charge is 2.24. The molecule has 1 aliphatic heterocycles. The molecule has 2 aromatic carbocycles. The second kappa shape index (κ2) is 10.3. The van der Waals surface area contributed by atoms with Gasteiger partial charge in [0.2, 0.25) is 0 Å². The van der Waals surface area contributed by atoms with E-state index in [1.165, 1.54) is 31.1 Å². The Morgan fingerprint density at radius 3 is 2.56 bits per heavy atom. The Morgan fingerprint density at radius 1 is 1.22 bits per heavy atom. The number of anilines is 1. The third kappa shape index (κ3) is 5.76. The van der Waals surface area contributed by atoms with Crippen LogP contribution in [0.5, 0.6) is 5.75 Å². The number of benzene rings is 2. The van der Waals surface area contributed by atoms with Crippen LogP contribution in [0.2, 0.25) is 10.0 Å². The van der Waals surface area contributed by atoms with Crippen molar-refractivity contribution >= 4 is 56.2 Å².